The highest BCUT2D eigenvalue weighted by molar-refractivity contribution is 6.77. The SMILES string of the molecule is C(CC(CC1CO1)(CC1CO1)C(CC1CO1)(CC1CO1)[Si](CC1CO1)(CC1CO1)OCC1CO1)C1CO1. The summed E-state index contributed by atoms with van der Waals surface area (Å²) in [4.78, 5) is 0. The van der Waals surface area contributed by atoms with Gasteiger partial charge in [0, 0.05) is 5.04 Å². The summed E-state index contributed by atoms with van der Waals surface area (Å²) in [5.74, 6) is 0. The fourth-order valence-corrected chi connectivity index (χ4v) is 14.0. The monoisotopic (exact) mass is 538 g/mol. The van der Waals surface area contributed by atoms with E-state index >= 15 is 0 Å². The molecule has 0 aromatic carbocycles. The summed E-state index contributed by atoms with van der Waals surface area (Å²) in [5, 5.41) is -0.0537. The second-order valence-corrected chi connectivity index (χ2v) is 17.1. The van der Waals surface area contributed by atoms with E-state index in [9.17, 15) is 0 Å². The van der Waals surface area contributed by atoms with E-state index in [1.807, 2.05) is 0 Å². The molecule has 0 radical (unpaired) electrons. The molecule has 10 heteroatoms. The maximum Gasteiger partial charge on any atom is 0.205 e. The molecule has 8 aliphatic rings. The van der Waals surface area contributed by atoms with E-state index in [2.05, 4.69) is 0 Å². The Kier molecular flexibility index (Phi) is 6.30. The van der Waals surface area contributed by atoms with Gasteiger partial charge in [0.1, 0.15) is 6.10 Å². The molecule has 0 aromatic heterocycles. The minimum atomic E-state index is -2.55. The highest BCUT2D eigenvalue weighted by Gasteiger charge is 2.70. The minimum absolute atomic E-state index is 0.0135. The Bertz CT molecular complexity index is 730. The lowest BCUT2D eigenvalue weighted by Gasteiger charge is -2.60. The molecule has 0 amide bonds. The summed E-state index contributed by atoms with van der Waals surface area (Å²) in [6.07, 6.45) is 8.86. The van der Waals surface area contributed by atoms with Crippen LogP contribution in [-0.4, -0.2) is 117 Å². The first-order valence-electron chi connectivity index (χ1n) is 14.7. The van der Waals surface area contributed by atoms with Gasteiger partial charge in [-0.1, -0.05) is 0 Å². The molecule has 0 bridgehead atoms. The smallest absolute Gasteiger partial charge is 0.205 e. The third-order valence-corrected chi connectivity index (χ3v) is 15.7. The van der Waals surface area contributed by atoms with Gasteiger partial charge in [0.15, 0.2) is 0 Å². The van der Waals surface area contributed by atoms with Crippen molar-refractivity contribution >= 4 is 8.32 Å². The second-order valence-electron chi connectivity index (χ2n) is 13.1. The molecule has 208 valence electrons. The van der Waals surface area contributed by atoms with Gasteiger partial charge in [0.05, 0.1) is 102 Å². The van der Waals surface area contributed by atoms with Gasteiger partial charge in [-0.25, -0.2) is 0 Å². The molecule has 0 saturated carbocycles. The second kappa shape index (κ2) is 9.46. The van der Waals surface area contributed by atoms with Crippen LogP contribution in [0.2, 0.25) is 17.1 Å². The lowest BCUT2D eigenvalue weighted by Crippen LogP contribution is -2.62. The van der Waals surface area contributed by atoms with Crippen LogP contribution >= 0.6 is 0 Å². The Morgan fingerprint density at radius 2 is 0.919 bits per heavy atom. The van der Waals surface area contributed by atoms with Crippen LogP contribution < -0.4 is 0 Å². The van der Waals surface area contributed by atoms with Crippen LogP contribution in [0.25, 0.3) is 0 Å². The largest absolute Gasteiger partial charge is 0.413 e. The van der Waals surface area contributed by atoms with Gasteiger partial charge >= 0.3 is 0 Å². The Hall–Kier alpha value is -0.143. The predicted molar refractivity (Wildman–Crippen MR) is 132 cm³/mol. The van der Waals surface area contributed by atoms with Crippen molar-refractivity contribution in [3.05, 3.63) is 0 Å². The molecular weight excluding hydrogens is 496 g/mol. The van der Waals surface area contributed by atoms with Gasteiger partial charge in [-0.3, -0.25) is 0 Å². The molecular formula is C27H42O9Si. The lowest BCUT2D eigenvalue weighted by molar-refractivity contribution is 0.0470. The summed E-state index contributed by atoms with van der Waals surface area (Å²) in [5.41, 5.74) is 0.0135. The van der Waals surface area contributed by atoms with Gasteiger partial charge in [-0.05, 0) is 56.0 Å². The highest BCUT2D eigenvalue weighted by atomic mass is 28.4. The highest BCUT2D eigenvalue weighted by Crippen LogP contribution is 2.71. The Morgan fingerprint density at radius 1 is 0.514 bits per heavy atom. The molecule has 0 aromatic rings. The summed E-state index contributed by atoms with van der Waals surface area (Å²) in [6.45, 7) is 7.52. The van der Waals surface area contributed by atoms with Gasteiger partial charge in [-0.2, -0.15) is 0 Å². The first kappa shape index (κ1) is 24.6. The Morgan fingerprint density at radius 3 is 1.32 bits per heavy atom. The number of hydrogen-bond donors (Lipinski definition) is 0. The molecule has 8 fully saturated rings. The quantitative estimate of drug-likeness (QED) is 0.170. The number of hydrogen-bond acceptors (Lipinski definition) is 9. The Balaban J connectivity index is 1.26. The van der Waals surface area contributed by atoms with Crippen molar-refractivity contribution in [3.8, 4) is 0 Å². The van der Waals surface area contributed by atoms with Crippen molar-refractivity contribution in [3.63, 3.8) is 0 Å². The van der Waals surface area contributed by atoms with Crippen molar-refractivity contribution < 1.29 is 42.3 Å². The molecule has 0 aliphatic carbocycles. The predicted octanol–water partition coefficient (Wildman–Crippen LogP) is 2.21. The molecule has 8 aliphatic heterocycles. The van der Waals surface area contributed by atoms with Crippen LogP contribution in [0.1, 0.15) is 38.5 Å². The molecule has 0 spiro atoms. The molecule has 8 heterocycles. The zero-order valence-electron chi connectivity index (χ0n) is 21.8. The summed E-state index contributed by atoms with van der Waals surface area (Å²) < 4.78 is 55.0. The zero-order chi connectivity index (χ0) is 24.5. The molecule has 8 unspecified atom stereocenters. The fraction of sp³-hybridized carbons (Fsp3) is 1.00. The maximum atomic E-state index is 7.44. The van der Waals surface area contributed by atoms with E-state index in [-0.39, 0.29) is 16.6 Å². The number of ether oxygens (including phenoxy) is 8. The Labute approximate surface area is 220 Å². The van der Waals surface area contributed by atoms with Crippen LogP contribution in [0.3, 0.4) is 0 Å². The number of rotatable bonds is 20. The van der Waals surface area contributed by atoms with Crippen LogP contribution in [0.15, 0.2) is 0 Å². The average molecular weight is 539 g/mol. The zero-order valence-corrected chi connectivity index (χ0v) is 22.8. The fourth-order valence-electron chi connectivity index (χ4n) is 7.61. The molecule has 37 heavy (non-hydrogen) atoms. The summed E-state index contributed by atoms with van der Waals surface area (Å²) in [6, 6.07) is 2.05. The third kappa shape index (κ3) is 5.85. The molecule has 0 N–H and O–H groups in total. The van der Waals surface area contributed by atoms with Crippen molar-refractivity contribution in [2.75, 3.05) is 59.5 Å². The van der Waals surface area contributed by atoms with Gasteiger partial charge in [-0.15, -0.1) is 0 Å². The summed E-state index contributed by atoms with van der Waals surface area (Å²) in [7, 11) is -2.55. The minimum Gasteiger partial charge on any atom is -0.413 e. The van der Waals surface area contributed by atoms with E-state index in [1.54, 1.807) is 0 Å². The van der Waals surface area contributed by atoms with Crippen molar-refractivity contribution in [2.24, 2.45) is 5.41 Å². The van der Waals surface area contributed by atoms with Crippen LogP contribution in [-0.2, 0) is 42.3 Å². The standard InChI is InChI=1S/C27H42O9Si/c1(18-7-28-18)2-26(3-19-8-29-19,4-20-9-30-20)27(5-21-10-31-21,6-22-11-32-22)37(16-24-13-34-24,17-25-14-35-25)36-15-23-12-33-23/h18-25H,1-17H2. The van der Waals surface area contributed by atoms with Crippen molar-refractivity contribution in [1.29, 1.82) is 0 Å². The van der Waals surface area contributed by atoms with Crippen LogP contribution in [0.4, 0.5) is 0 Å². The molecule has 9 nitrogen and oxygen atoms in total. The molecule has 8 atom stereocenters. The third-order valence-electron chi connectivity index (χ3n) is 10.1. The topological polar surface area (TPSA) is 109 Å². The summed E-state index contributed by atoms with van der Waals surface area (Å²) >= 11 is 0. The average Bonchev–Trinajstić information content (AvgIpc) is 3.63. The maximum absolute atomic E-state index is 7.44. The van der Waals surface area contributed by atoms with Gasteiger partial charge in [0.2, 0.25) is 8.32 Å². The first-order valence-corrected chi connectivity index (χ1v) is 17.0. The molecule has 8 rings (SSSR count). The van der Waals surface area contributed by atoms with Crippen LogP contribution in [0.5, 0.6) is 0 Å². The van der Waals surface area contributed by atoms with Crippen LogP contribution in [0, 0.1) is 5.41 Å². The normalized spacial score (nSPS) is 44.8. The van der Waals surface area contributed by atoms with E-state index in [4.69, 9.17) is 42.3 Å². The van der Waals surface area contributed by atoms with Crippen molar-refractivity contribution in [1.82, 2.24) is 0 Å². The van der Waals surface area contributed by atoms with E-state index in [1.165, 1.54) is 0 Å². The lowest BCUT2D eigenvalue weighted by atomic mass is 9.62. The number of epoxide rings is 8. The first-order chi connectivity index (χ1) is 18.1. The van der Waals surface area contributed by atoms with E-state index in [0.29, 0.717) is 49.3 Å². The van der Waals surface area contributed by atoms with Gasteiger partial charge < -0.3 is 42.3 Å². The molecule has 8 saturated heterocycles. The van der Waals surface area contributed by atoms with E-state index in [0.717, 1.165) is 103 Å². The van der Waals surface area contributed by atoms with Gasteiger partial charge in [0.25, 0.3) is 0 Å². The van der Waals surface area contributed by atoms with E-state index < -0.39 is 8.32 Å². The van der Waals surface area contributed by atoms with Crippen molar-refractivity contribution in [2.45, 2.75) is 104 Å².